The minimum Gasteiger partial charge on any atom is -0.353 e. The molecule has 0 aromatic rings. The molecular formula is C12H21NO. The molecule has 2 aliphatic rings. The number of amides is 1. The molecule has 2 rings (SSSR count). The summed E-state index contributed by atoms with van der Waals surface area (Å²) in [5.41, 5.74) is 0.295. The third kappa shape index (κ3) is 1.45. The Morgan fingerprint density at radius 1 is 1.29 bits per heavy atom. The first kappa shape index (κ1) is 10.0. The highest BCUT2D eigenvalue weighted by atomic mass is 16.2. The van der Waals surface area contributed by atoms with Crippen LogP contribution < -0.4 is 5.32 Å². The van der Waals surface area contributed by atoms with Crippen LogP contribution in [0.15, 0.2) is 0 Å². The van der Waals surface area contributed by atoms with E-state index >= 15 is 0 Å². The van der Waals surface area contributed by atoms with Gasteiger partial charge in [-0.1, -0.05) is 13.8 Å². The van der Waals surface area contributed by atoms with Gasteiger partial charge >= 0.3 is 0 Å². The van der Waals surface area contributed by atoms with E-state index in [2.05, 4.69) is 26.1 Å². The smallest absolute Gasteiger partial charge is 0.220 e. The summed E-state index contributed by atoms with van der Waals surface area (Å²) in [5, 5.41) is 3.07. The minimum atomic E-state index is 0.263. The molecule has 80 valence electrons. The highest BCUT2D eigenvalue weighted by molar-refractivity contribution is 5.79. The van der Waals surface area contributed by atoms with Crippen molar-refractivity contribution in [3.8, 4) is 0 Å². The molecule has 2 fully saturated rings. The Morgan fingerprint density at radius 2 is 2.00 bits per heavy atom. The van der Waals surface area contributed by atoms with Crippen molar-refractivity contribution in [2.75, 3.05) is 0 Å². The SMILES string of the molecule is CC1CCC2(CC(=O)NC2C)CC1C. The quantitative estimate of drug-likeness (QED) is 0.631. The molecule has 4 atom stereocenters. The van der Waals surface area contributed by atoms with Crippen LogP contribution in [-0.4, -0.2) is 11.9 Å². The van der Waals surface area contributed by atoms with Gasteiger partial charge in [0.2, 0.25) is 5.91 Å². The maximum absolute atomic E-state index is 11.4. The van der Waals surface area contributed by atoms with Gasteiger partial charge in [-0.05, 0) is 43.4 Å². The summed E-state index contributed by atoms with van der Waals surface area (Å²) >= 11 is 0. The lowest BCUT2D eigenvalue weighted by Crippen LogP contribution is -2.39. The Labute approximate surface area is 86.5 Å². The zero-order chi connectivity index (χ0) is 10.3. The number of nitrogens with one attached hydrogen (secondary N) is 1. The number of hydrogen-bond acceptors (Lipinski definition) is 1. The van der Waals surface area contributed by atoms with Crippen LogP contribution in [-0.2, 0) is 4.79 Å². The Morgan fingerprint density at radius 3 is 2.50 bits per heavy atom. The van der Waals surface area contributed by atoms with Gasteiger partial charge in [0.25, 0.3) is 0 Å². The Bertz CT molecular complexity index is 251. The van der Waals surface area contributed by atoms with Crippen LogP contribution in [0.2, 0.25) is 0 Å². The van der Waals surface area contributed by atoms with Gasteiger partial charge in [0.05, 0.1) is 0 Å². The van der Waals surface area contributed by atoms with Crippen LogP contribution in [0.25, 0.3) is 0 Å². The van der Waals surface area contributed by atoms with Crippen molar-refractivity contribution >= 4 is 5.91 Å². The molecule has 4 unspecified atom stereocenters. The van der Waals surface area contributed by atoms with Crippen LogP contribution in [0, 0.1) is 17.3 Å². The lowest BCUT2D eigenvalue weighted by atomic mass is 9.63. The number of rotatable bonds is 0. The largest absolute Gasteiger partial charge is 0.353 e. The third-order valence-corrected chi connectivity index (χ3v) is 4.61. The second-order valence-corrected chi connectivity index (χ2v) is 5.53. The van der Waals surface area contributed by atoms with Gasteiger partial charge in [0, 0.05) is 12.5 Å². The highest BCUT2D eigenvalue weighted by Crippen LogP contribution is 2.48. The average Bonchev–Trinajstić information content (AvgIpc) is 2.36. The number of hydrogen-bond donors (Lipinski definition) is 1. The van der Waals surface area contributed by atoms with Crippen molar-refractivity contribution in [1.29, 1.82) is 0 Å². The maximum atomic E-state index is 11.4. The summed E-state index contributed by atoms with van der Waals surface area (Å²) in [5.74, 6) is 1.88. The lowest BCUT2D eigenvalue weighted by molar-refractivity contribution is -0.120. The summed E-state index contributed by atoms with van der Waals surface area (Å²) in [6.45, 7) is 6.85. The summed E-state index contributed by atoms with van der Waals surface area (Å²) in [7, 11) is 0. The summed E-state index contributed by atoms with van der Waals surface area (Å²) in [4.78, 5) is 11.4. The molecule has 1 N–H and O–H groups in total. The first-order chi connectivity index (χ1) is 6.53. The molecule has 1 heterocycles. The lowest BCUT2D eigenvalue weighted by Gasteiger charge is -2.42. The summed E-state index contributed by atoms with van der Waals surface area (Å²) < 4.78 is 0. The molecule has 2 heteroatoms. The standard InChI is InChI=1S/C12H21NO/c1-8-4-5-12(6-9(8)2)7-11(14)13-10(12)3/h8-10H,4-7H2,1-3H3,(H,13,14). The molecule has 2 nitrogen and oxygen atoms in total. The topological polar surface area (TPSA) is 29.1 Å². The fourth-order valence-electron chi connectivity index (χ4n) is 3.22. The van der Waals surface area contributed by atoms with E-state index in [4.69, 9.17) is 0 Å². The Hall–Kier alpha value is -0.530. The van der Waals surface area contributed by atoms with E-state index in [1.54, 1.807) is 0 Å². The van der Waals surface area contributed by atoms with E-state index in [0.717, 1.165) is 18.3 Å². The monoisotopic (exact) mass is 195 g/mol. The van der Waals surface area contributed by atoms with Crippen molar-refractivity contribution in [2.45, 2.75) is 52.5 Å². The number of carbonyl (C=O) groups is 1. The predicted octanol–water partition coefficient (Wildman–Crippen LogP) is 2.34. The first-order valence-corrected chi connectivity index (χ1v) is 5.83. The molecule has 1 spiro atoms. The fraction of sp³-hybridized carbons (Fsp3) is 0.917. The van der Waals surface area contributed by atoms with Crippen LogP contribution in [0.5, 0.6) is 0 Å². The first-order valence-electron chi connectivity index (χ1n) is 5.83. The fourth-order valence-corrected chi connectivity index (χ4v) is 3.22. The molecule has 1 aliphatic heterocycles. The van der Waals surface area contributed by atoms with Crippen molar-refractivity contribution in [3.63, 3.8) is 0 Å². The zero-order valence-corrected chi connectivity index (χ0v) is 9.47. The highest BCUT2D eigenvalue weighted by Gasteiger charge is 2.47. The molecule has 1 aliphatic carbocycles. The predicted molar refractivity (Wildman–Crippen MR) is 56.8 cm³/mol. The van der Waals surface area contributed by atoms with E-state index in [-0.39, 0.29) is 5.91 Å². The molecule has 1 amide bonds. The van der Waals surface area contributed by atoms with Gasteiger partial charge in [-0.25, -0.2) is 0 Å². The summed E-state index contributed by atoms with van der Waals surface area (Å²) in [6, 6.07) is 0.393. The zero-order valence-electron chi connectivity index (χ0n) is 9.47. The van der Waals surface area contributed by atoms with E-state index in [1.165, 1.54) is 19.3 Å². The second kappa shape index (κ2) is 3.25. The van der Waals surface area contributed by atoms with Crippen LogP contribution in [0.3, 0.4) is 0 Å². The molecule has 1 saturated heterocycles. The Kier molecular flexibility index (Phi) is 2.32. The maximum Gasteiger partial charge on any atom is 0.220 e. The van der Waals surface area contributed by atoms with Gasteiger partial charge in [0.15, 0.2) is 0 Å². The van der Waals surface area contributed by atoms with Gasteiger partial charge < -0.3 is 5.32 Å². The molecule has 0 aromatic carbocycles. The van der Waals surface area contributed by atoms with E-state index in [1.807, 2.05) is 0 Å². The van der Waals surface area contributed by atoms with Crippen molar-refractivity contribution < 1.29 is 4.79 Å². The molecule has 0 radical (unpaired) electrons. The van der Waals surface area contributed by atoms with E-state index < -0.39 is 0 Å². The van der Waals surface area contributed by atoms with Crippen LogP contribution in [0.4, 0.5) is 0 Å². The summed E-state index contributed by atoms with van der Waals surface area (Å²) in [6.07, 6.45) is 4.53. The molecular weight excluding hydrogens is 174 g/mol. The third-order valence-electron chi connectivity index (χ3n) is 4.61. The Balaban J connectivity index is 2.13. The van der Waals surface area contributed by atoms with Crippen LogP contribution in [0.1, 0.15) is 46.5 Å². The minimum absolute atomic E-state index is 0.263. The van der Waals surface area contributed by atoms with Gasteiger partial charge in [-0.2, -0.15) is 0 Å². The van der Waals surface area contributed by atoms with E-state index in [9.17, 15) is 4.79 Å². The van der Waals surface area contributed by atoms with E-state index in [0.29, 0.717) is 11.5 Å². The van der Waals surface area contributed by atoms with Crippen molar-refractivity contribution in [1.82, 2.24) is 5.32 Å². The normalized spacial score (nSPS) is 48.2. The van der Waals surface area contributed by atoms with Gasteiger partial charge in [-0.15, -0.1) is 0 Å². The molecule has 0 aromatic heterocycles. The van der Waals surface area contributed by atoms with Crippen molar-refractivity contribution in [2.24, 2.45) is 17.3 Å². The van der Waals surface area contributed by atoms with Crippen molar-refractivity contribution in [3.05, 3.63) is 0 Å². The molecule has 14 heavy (non-hydrogen) atoms. The van der Waals surface area contributed by atoms with Crippen LogP contribution >= 0.6 is 0 Å². The average molecular weight is 195 g/mol. The number of carbonyl (C=O) groups excluding carboxylic acids is 1. The van der Waals surface area contributed by atoms with Gasteiger partial charge in [0.1, 0.15) is 0 Å². The molecule has 1 saturated carbocycles. The second-order valence-electron chi connectivity index (χ2n) is 5.53. The van der Waals surface area contributed by atoms with Gasteiger partial charge in [-0.3, -0.25) is 4.79 Å². The molecule has 0 bridgehead atoms.